The highest BCUT2D eigenvalue weighted by Crippen LogP contribution is 2.39. The first-order chi connectivity index (χ1) is 10.4. The molecule has 124 valence electrons. The Kier molecular flexibility index (Phi) is 5.21. The van der Waals surface area contributed by atoms with Gasteiger partial charge in [0.1, 0.15) is 0 Å². The summed E-state index contributed by atoms with van der Waals surface area (Å²) < 4.78 is 10.6. The summed E-state index contributed by atoms with van der Waals surface area (Å²) in [6.07, 6.45) is 0.814. The summed E-state index contributed by atoms with van der Waals surface area (Å²) >= 11 is 0. The first kappa shape index (κ1) is 16.9. The minimum Gasteiger partial charge on any atom is -0.466 e. The molecule has 0 radical (unpaired) electrons. The molecule has 1 atom stereocenters. The summed E-state index contributed by atoms with van der Waals surface area (Å²) in [4.78, 5) is 19.0. The molecule has 2 rings (SSSR count). The third-order valence-electron chi connectivity index (χ3n) is 4.53. The fourth-order valence-electron chi connectivity index (χ4n) is 2.96. The molecule has 1 aliphatic rings. The molecule has 0 N–H and O–H groups in total. The number of hydrogen-bond donors (Lipinski definition) is 0. The van der Waals surface area contributed by atoms with Gasteiger partial charge >= 0.3 is 5.97 Å². The maximum atomic E-state index is 12.4. The Bertz CT molecular complexity index is 512. The monoisotopic (exact) mass is 309 g/mol. The average molecular weight is 309 g/mol. The molecule has 2 heterocycles. The molecule has 1 aliphatic heterocycles. The van der Waals surface area contributed by atoms with Gasteiger partial charge in [-0.15, -0.1) is 0 Å². The smallest absolute Gasteiger partial charge is 0.313 e. The van der Waals surface area contributed by atoms with Crippen molar-refractivity contribution in [2.24, 2.45) is 11.3 Å². The van der Waals surface area contributed by atoms with E-state index in [0.717, 1.165) is 18.8 Å². The number of carbonyl (C=O) groups is 1. The molecular weight excluding hydrogens is 282 g/mol. The number of carbonyl (C=O) groups excluding carboxylic acids is 1. The van der Waals surface area contributed by atoms with E-state index in [1.165, 1.54) is 0 Å². The van der Waals surface area contributed by atoms with Crippen molar-refractivity contribution in [3.05, 3.63) is 11.7 Å². The zero-order chi connectivity index (χ0) is 16.3. The Balaban J connectivity index is 2.04. The summed E-state index contributed by atoms with van der Waals surface area (Å²) in [5, 5.41) is 3.99. The van der Waals surface area contributed by atoms with Crippen molar-refractivity contribution in [3.63, 3.8) is 0 Å². The highest BCUT2D eigenvalue weighted by molar-refractivity contribution is 5.78. The van der Waals surface area contributed by atoms with Crippen molar-refractivity contribution in [3.8, 4) is 0 Å². The number of likely N-dealkylation sites (tertiary alicyclic amines) is 1. The van der Waals surface area contributed by atoms with Crippen LogP contribution in [-0.2, 0) is 16.1 Å². The van der Waals surface area contributed by atoms with Crippen LogP contribution < -0.4 is 0 Å². The molecule has 0 saturated carbocycles. The van der Waals surface area contributed by atoms with E-state index < -0.39 is 5.41 Å². The van der Waals surface area contributed by atoms with Crippen molar-refractivity contribution in [1.29, 1.82) is 0 Å². The minimum absolute atomic E-state index is 0.0825. The van der Waals surface area contributed by atoms with Crippen LogP contribution >= 0.6 is 0 Å². The molecule has 0 amide bonds. The normalized spacial score (nSPS) is 22.7. The molecule has 1 aromatic rings. The van der Waals surface area contributed by atoms with Gasteiger partial charge in [-0.2, -0.15) is 4.98 Å². The van der Waals surface area contributed by atoms with Crippen LogP contribution in [0, 0.1) is 11.3 Å². The zero-order valence-electron chi connectivity index (χ0n) is 14.3. The first-order valence-corrected chi connectivity index (χ1v) is 8.11. The van der Waals surface area contributed by atoms with Crippen LogP contribution in [0.25, 0.3) is 0 Å². The fourth-order valence-corrected chi connectivity index (χ4v) is 2.96. The van der Waals surface area contributed by atoms with Crippen LogP contribution in [-0.4, -0.2) is 40.7 Å². The number of rotatable bonds is 6. The van der Waals surface area contributed by atoms with Crippen LogP contribution in [0.5, 0.6) is 0 Å². The second kappa shape index (κ2) is 6.77. The third kappa shape index (κ3) is 3.32. The number of nitrogens with zero attached hydrogens (tertiary/aromatic N) is 3. The van der Waals surface area contributed by atoms with Crippen molar-refractivity contribution in [2.75, 3.05) is 19.7 Å². The molecule has 1 saturated heterocycles. The molecule has 0 aromatic carbocycles. The van der Waals surface area contributed by atoms with Crippen LogP contribution in [0.3, 0.4) is 0 Å². The second-order valence-electron chi connectivity index (χ2n) is 6.69. The number of ether oxygens (including phenoxy) is 1. The summed E-state index contributed by atoms with van der Waals surface area (Å²) in [6.45, 7) is 12.6. The Labute approximate surface area is 132 Å². The maximum Gasteiger partial charge on any atom is 0.313 e. The maximum absolute atomic E-state index is 12.4. The van der Waals surface area contributed by atoms with Gasteiger partial charge in [-0.3, -0.25) is 9.69 Å². The quantitative estimate of drug-likeness (QED) is 0.752. The summed E-state index contributed by atoms with van der Waals surface area (Å²) in [7, 11) is 0. The molecule has 22 heavy (non-hydrogen) atoms. The third-order valence-corrected chi connectivity index (χ3v) is 4.53. The SMILES string of the molecule is CCOC(=O)[C@@]1(C(C)C)CCN(Cc2nc(C(C)C)no2)C1. The van der Waals surface area contributed by atoms with Crippen LogP contribution in [0.1, 0.15) is 58.7 Å². The molecule has 0 aliphatic carbocycles. The molecule has 0 bridgehead atoms. The molecule has 6 nitrogen and oxygen atoms in total. The van der Waals surface area contributed by atoms with E-state index in [-0.39, 0.29) is 17.8 Å². The van der Waals surface area contributed by atoms with E-state index in [0.29, 0.717) is 25.6 Å². The molecule has 0 spiro atoms. The Hall–Kier alpha value is -1.43. The van der Waals surface area contributed by atoms with Gasteiger partial charge in [0.2, 0.25) is 5.89 Å². The van der Waals surface area contributed by atoms with Gasteiger partial charge in [0.05, 0.1) is 18.6 Å². The first-order valence-electron chi connectivity index (χ1n) is 8.11. The fraction of sp³-hybridized carbons (Fsp3) is 0.812. The van der Waals surface area contributed by atoms with Gasteiger partial charge in [0, 0.05) is 12.5 Å². The summed E-state index contributed by atoms with van der Waals surface area (Å²) in [6, 6.07) is 0. The van der Waals surface area contributed by atoms with E-state index in [1.54, 1.807) is 0 Å². The number of aromatic nitrogens is 2. The Morgan fingerprint density at radius 3 is 2.68 bits per heavy atom. The summed E-state index contributed by atoms with van der Waals surface area (Å²) in [5.41, 5.74) is -0.420. The number of esters is 1. The van der Waals surface area contributed by atoms with Crippen LogP contribution in [0.15, 0.2) is 4.52 Å². The van der Waals surface area contributed by atoms with Gasteiger partial charge in [0.15, 0.2) is 5.82 Å². The van der Waals surface area contributed by atoms with Gasteiger partial charge in [0.25, 0.3) is 0 Å². The standard InChI is InChI=1S/C16H27N3O3/c1-6-21-15(20)16(12(4)5)7-8-19(10-16)9-13-17-14(11(2)3)18-22-13/h11-12H,6-10H2,1-5H3/t16-/m0/s1. The lowest BCUT2D eigenvalue weighted by atomic mass is 9.76. The number of hydrogen-bond acceptors (Lipinski definition) is 6. The van der Waals surface area contributed by atoms with Gasteiger partial charge in [-0.25, -0.2) is 0 Å². The highest BCUT2D eigenvalue weighted by atomic mass is 16.5. The minimum atomic E-state index is -0.420. The highest BCUT2D eigenvalue weighted by Gasteiger charge is 2.48. The zero-order valence-corrected chi connectivity index (χ0v) is 14.3. The largest absolute Gasteiger partial charge is 0.466 e. The lowest BCUT2D eigenvalue weighted by molar-refractivity contribution is -0.157. The molecular formula is C16H27N3O3. The predicted molar refractivity (Wildman–Crippen MR) is 82.2 cm³/mol. The second-order valence-corrected chi connectivity index (χ2v) is 6.69. The Morgan fingerprint density at radius 1 is 1.41 bits per heavy atom. The van der Waals surface area contributed by atoms with E-state index >= 15 is 0 Å². The van der Waals surface area contributed by atoms with Crippen molar-refractivity contribution in [2.45, 2.75) is 53.5 Å². The molecule has 1 fully saturated rings. The van der Waals surface area contributed by atoms with Crippen molar-refractivity contribution in [1.82, 2.24) is 15.0 Å². The van der Waals surface area contributed by atoms with Gasteiger partial charge in [-0.05, 0) is 25.8 Å². The van der Waals surface area contributed by atoms with Crippen molar-refractivity contribution >= 4 is 5.97 Å². The van der Waals surface area contributed by atoms with Gasteiger partial charge in [-0.1, -0.05) is 32.9 Å². The van der Waals surface area contributed by atoms with Crippen LogP contribution in [0.2, 0.25) is 0 Å². The van der Waals surface area contributed by atoms with E-state index in [4.69, 9.17) is 9.26 Å². The van der Waals surface area contributed by atoms with E-state index in [1.807, 2.05) is 20.8 Å². The topological polar surface area (TPSA) is 68.5 Å². The van der Waals surface area contributed by atoms with E-state index in [9.17, 15) is 4.79 Å². The summed E-state index contributed by atoms with van der Waals surface area (Å²) in [5.74, 6) is 1.76. The molecule has 0 unspecified atom stereocenters. The van der Waals surface area contributed by atoms with Crippen molar-refractivity contribution < 1.29 is 14.1 Å². The van der Waals surface area contributed by atoms with Crippen LogP contribution in [0.4, 0.5) is 0 Å². The average Bonchev–Trinajstić information content (AvgIpc) is 3.07. The lowest BCUT2D eigenvalue weighted by Gasteiger charge is -2.30. The van der Waals surface area contributed by atoms with Gasteiger partial charge < -0.3 is 9.26 Å². The lowest BCUT2D eigenvalue weighted by Crippen LogP contribution is -2.40. The van der Waals surface area contributed by atoms with E-state index in [2.05, 4.69) is 28.9 Å². The predicted octanol–water partition coefficient (Wildman–Crippen LogP) is 2.60. The molecule has 6 heteroatoms. The Morgan fingerprint density at radius 2 is 2.14 bits per heavy atom. The molecule has 1 aromatic heterocycles.